The number of halogens is 1. The number of ether oxygens (including phenoxy) is 1. The number of fused-ring (bicyclic) bond motifs is 3. The van der Waals surface area contributed by atoms with Crippen molar-refractivity contribution in [2.45, 2.75) is 31.5 Å². The third-order valence-corrected chi connectivity index (χ3v) is 5.90. The zero-order valence-electron chi connectivity index (χ0n) is 17.2. The number of hydrogen-bond acceptors (Lipinski definition) is 6. The SMILES string of the molecule is CNC(=O)[C@H](Cc1cccc(F)c1)n1nnc2cc3c(cc2c1=O)O[C@@H]1CCCN1C3=O. The van der Waals surface area contributed by atoms with E-state index >= 15 is 0 Å². The topological polar surface area (TPSA) is 106 Å². The number of likely N-dealkylation sites (N-methyl/N-ethyl adjacent to an activating group) is 1. The first-order valence-electron chi connectivity index (χ1n) is 10.3. The molecule has 3 heterocycles. The van der Waals surface area contributed by atoms with Crippen LogP contribution in [0.4, 0.5) is 4.39 Å². The molecular weight excluding hydrogens is 417 g/mol. The maximum Gasteiger partial charge on any atom is 0.278 e. The Labute approximate surface area is 181 Å². The molecule has 0 bridgehead atoms. The molecular formula is C22H20FN5O4. The van der Waals surface area contributed by atoms with Crippen molar-refractivity contribution in [3.05, 3.63) is 63.7 Å². The van der Waals surface area contributed by atoms with Crippen LogP contribution < -0.4 is 15.6 Å². The van der Waals surface area contributed by atoms with E-state index in [0.29, 0.717) is 23.4 Å². The molecule has 0 aliphatic carbocycles. The fraction of sp³-hybridized carbons (Fsp3) is 0.318. The lowest BCUT2D eigenvalue weighted by atomic mass is 10.0. The van der Waals surface area contributed by atoms with E-state index in [1.54, 1.807) is 11.0 Å². The van der Waals surface area contributed by atoms with Crippen molar-refractivity contribution in [1.29, 1.82) is 0 Å². The van der Waals surface area contributed by atoms with Crippen LogP contribution in [0.3, 0.4) is 0 Å². The van der Waals surface area contributed by atoms with Crippen molar-refractivity contribution in [3.63, 3.8) is 0 Å². The maximum atomic E-state index is 13.6. The minimum Gasteiger partial charge on any atom is -0.470 e. The Morgan fingerprint density at radius 3 is 2.94 bits per heavy atom. The van der Waals surface area contributed by atoms with Gasteiger partial charge in [0.1, 0.15) is 23.1 Å². The minimum atomic E-state index is -1.03. The van der Waals surface area contributed by atoms with Crippen LogP contribution in [-0.2, 0) is 11.2 Å². The Hall–Kier alpha value is -3.82. The second kappa shape index (κ2) is 7.70. The summed E-state index contributed by atoms with van der Waals surface area (Å²) in [7, 11) is 1.45. The molecule has 9 nitrogen and oxygen atoms in total. The number of rotatable bonds is 4. The van der Waals surface area contributed by atoms with E-state index in [9.17, 15) is 18.8 Å². The Balaban J connectivity index is 1.59. The van der Waals surface area contributed by atoms with Gasteiger partial charge in [-0.25, -0.2) is 4.39 Å². The van der Waals surface area contributed by atoms with Crippen LogP contribution in [0.5, 0.6) is 5.75 Å². The average Bonchev–Trinajstić information content (AvgIpc) is 3.26. The molecule has 3 aromatic rings. The molecule has 10 heteroatoms. The highest BCUT2D eigenvalue weighted by Crippen LogP contribution is 2.34. The van der Waals surface area contributed by atoms with Gasteiger partial charge in [-0.15, -0.1) is 5.10 Å². The second-order valence-electron chi connectivity index (χ2n) is 7.88. The van der Waals surface area contributed by atoms with Crippen LogP contribution in [0.25, 0.3) is 10.9 Å². The summed E-state index contributed by atoms with van der Waals surface area (Å²) < 4.78 is 20.6. The Bertz CT molecular complexity index is 1310. The molecule has 1 fully saturated rings. The molecule has 1 saturated heterocycles. The summed E-state index contributed by atoms with van der Waals surface area (Å²) in [6.07, 6.45) is 1.30. The molecule has 0 saturated carbocycles. The monoisotopic (exact) mass is 437 g/mol. The van der Waals surface area contributed by atoms with E-state index in [1.165, 1.54) is 37.4 Å². The van der Waals surface area contributed by atoms with Gasteiger partial charge in [-0.2, -0.15) is 4.68 Å². The first kappa shape index (κ1) is 20.1. The summed E-state index contributed by atoms with van der Waals surface area (Å²) in [6, 6.07) is 7.77. The summed E-state index contributed by atoms with van der Waals surface area (Å²) >= 11 is 0. The molecule has 0 unspecified atom stereocenters. The average molecular weight is 437 g/mol. The molecule has 0 radical (unpaired) electrons. The van der Waals surface area contributed by atoms with Crippen molar-refractivity contribution in [1.82, 2.24) is 25.2 Å². The van der Waals surface area contributed by atoms with E-state index in [2.05, 4.69) is 15.6 Å². The molecule has 1 aromatic heterocycles. The van der Waals surface area contributed by atoms with Gasteiger partial charge in [0.05, 0.1) is 10.9 Å². The van der Waals surface area contributed by atoms with Gasteiger partial charge in [-0.3, -0.25) is 14.4 Å². The zero-order chi connectivity index (χ0) is 22.4. The third-order valence-electron chi connectivity index (χ3n) is 5.90. The number of carbonyl (C=O) groups is 2. The fourth-order valence-corrected chi connectivity index (χ4v) is 4.29. The van der Waals surface area contributed by atoms with Gasteiger partial charge in [-0.05, 0) is 36.2 Å². The van der Waals surface area contributed by atoms with Gasteiger partial charge in [-0.1, -0.05) is 17.3 Å². The molecule has 5 rings (SSSR count). The van der Waals surface area contributed by atoms with Crippen molar-refractivity contribution < 1.29 is 18.7 Å². The van der Waals surface area contributed by atoms with Crippen LogP contribution in [0.15, 0.2) is 41.2 Å². The lowest BCUT2D eigenvalue weighted by Gasteiger charge is -2.31. The molecule has 1 N–H and O–H groups in total. The predicted molar refractivity (Wildman–Crippen MR) is 112 cm³/mol. The van der Waals surface area contributed by atoms with Crippen molar-refractivity contribution in [2.75, 3.05) is 13.6 Å². The lowest BCUT2D eigenvalue weighted by molar-refractivity contribution is -0.124. The molecule has 0 spiro atoms. The number of carbonyl (C=O) groups excluding carboxylic acids is 2. The van der Waals surface area contributed by atoms with E-state index in [4.69, 9.17) is 4.74 Å². The van der Waals surface area contributed by atoms with Gasteiger partial charge >= 0.3 is 0 Å². The quantitative estimate of drug-likeness (QED) is 0.662. The van der Waals surface area contributed by atoms with E-state index in [0.717, 1.165) is 17.5 Å². The van der Waals surface area contributed by atoms with Crippen molar-refractivity contribution in [3.8, 4) is 5.75 Å². The largest absolute Gasteiger partial charge is 0.470 e. The van der Waals surface area contributed by atoms with Gasteiger partial charge in [0.25, 0.3) is 11.5 Å². The minimum absolute atomic E-state index is 0.0501. The summed E-state index contributed by atoms with van der Waals surface area (Å²) in [5.74, 6) is -0.736. The molecule has 164 valence electrons. The first-order valence-corrected chi connectivity index (χ1v) is 10.3. The highest BCUT2D eigenvalue weighted by molar-refractivity contribution is 6.01. The maximum absolute atomic E-state index is 13.6. The van der Waals surface area contributed by atoms with E-state index in [-0.39, 0.29) is 29.5 Å². The standard InChI is InChI=1S/C22H20FN5O4/c1-24-20(29)17(9-12-4-2-5-13(23)8-12)28-22(31)14-11-18-15(10-16(14)25-26-28)21(30)27-7-3-6-19(27)32-18/h2,4-5,8,10-11,17,19H,3,6-7,9H2,1H3,(H,24,29)/t17-,19+/m0/s1. The number of nitrogens with zero attached hydrogens (tertiary/aromatic N) is 4. The van der Waals surface area contributed by atoms with E-state index in [1.807, 2.05) is 0 Å². The molecule has 2 aromatic carbocycles. The summed E-state index contributed by atoms with van der Waals surface area (Å²) in [4.78, 5) is 40.3. The molecule has 32 heavy (non-hydrogen) atoms. The normalized spacial score (nSPS) is 18.1. The van der Waals surface area contributed by atoms with Gasteiger partial charge in [0.2, 0.25) is 5.91 Å². The highest BCUT2D eigenvalue weighted by atomic mass is 19.1. The Kier molecular flexibility index (Phi) is 4.84. The van der Waals surface area contributed by atoms with Crippen LogP contribution >= 0.6 is 0 Å². The Morgan fingerprint density at radius 2 is 2.16 bits per heavy atom. The highest BCUT2D eigenvalue weighted by Gasteiger charge is 2.37. The van der Waals surface area contributed by atoms with E-state index < -0.39 is 23.3 Å². The number of amides is 2. The fourth-order valence-electron chi connectivity index (χ4n) is 4.29. The number of nitrogens with one attached hydrogen (secondary N) is 1. The third kappa shape index (κ3) is 3.28. The lowest BCUT2D eigenvalue weighted by Crippen LogP contribution is -2.43. The van der Waals surface area contributed by atoms with Gasteiger partial charge in [0, 0.05) is 26.4 Å². The molecule has 2 aliphatic heterocycles. The van der Waals surface area contributed by atoms with Crippen LogP contribution in [0.2, 0.25) is 0 Å². The Morgan fingerprint density at radius 1 is 1.31 bits per heavy atom. The van der Waals surface area contributed by atoms with Crippen molar-refractivity contribution in [2.24, 2.45) is 0 Å². The number of aromatic nitrogens is 3. The van der Waals surface area contributed by atoms with Gasteiger partial charge in [0.15, 0.2) is 6.23 Å². The molecule has 2 atom stereocenters. The smallest absolute Gasteiger partial charge is 0.278 e. The predicted octanol–water partition coefficient (Wildman–Crippen LogP) is 1.41. The summed E-state index contributed by atoms with van der Waals surface area (Å²) in [5, 5.41) is 10.8. The first-order chi connectivity index (χ1) is 15.5. The van der Waals surface area contributed by atoms with Crippen molar-refractivity contribution >= 4 is 22.7 Å². The number of benzene rings is 2. The van der Waals surface area contributed by atoms with Crippen LogP contribution in [0, 0.1) is 5.82 Å². The van der Waals surface area contributed by atoms with Crippen LogP contribution in [0.1, 0.15) is 34.8 Å². The molecule has 2 aliphatic rings. The number of hydrogen-bond donors (Lipinski definition) is 1. The zero-order valence-corrected chi connectivity index (χ0v) is 17.2. The molecule has 2 amide bonds. The second-order valence-corrected chi connectivity index (χ2v) is 7.88. The summed E-state index contributed by atoms with van der Waals surface area (Å²) in [6.45, 7) is 0.627. The van der Waals surface area contributed by atoms with Crippen LogP contribution in [-0.4, -0.2) is 51.5 Å². The van der Waals surface area contributed by atoms with Gasteiger partial charge < -0.3 is 15.0 Å². The summed E-state index contributed by atoms with van der Waals surface area (Å²) in [5.41, 5.74) is 0.562.